The molecule has 2 aromatic heterocycles. The van der Waals surface area contributed by atoms with E-state index in [1.165, 1.54) is 24.4 Å². The Morgan fingerprint density at radius 3 is 3.11 bits per heavy atom. The zero-order valence-electron chi connectivity index (χ0n) is 11.0. The second-order valence-corrected chi connectivity index (χ2v) is 6.59. The molecule has 3 nitrogen and oxygen atoms in total. The Kier molecular flexibility index (Phi) is 3.29. The molecular formula is C14H19N3S. The van der Waals surface area contributed by atoms with Crippen molar-refractivity contribution in [1.82, 2.24) is 14.5 Å². The molecule has 0 bridgehead atoms. The highest BCUT2D eigenvalue weighted by Gasteiger charge is 2.21. The molecule has 1 aliphatic rings. The number of hydrogen-bond acceptors (Lipinski definition) is 3. The highest BCUT2D eigenvalue weighted by molar-refractivity contribution is 8.00. The highest BCUT2D eigenvalue weighted by Crippen LogP contribution is 2.30. The van der Waals surface area contributed by atoms with Gasteiger partial charge in [-0.05, 0) is 44.6 Å². The lowest BCUT2D eigenvalue weighted by atomic mass is 10.2. The molecule has 2 aromatic rings. The van der Waals surface area contributed by atoms with Crippen molar-refractivity contribution in [3.63, 3.8) is 0 Å². The first-order valence-corrected chi connectivity index (χ1v) is 7.74. The lowest BCUT2D eigenvalue weighted by molar-refractivity contribution is 0.572. The molecule has 4 heteroatoms. The molecule has 0 aliphatic carbocycles. The SMILES string of the molecule is CC(C)n1c(CC2CCCS2)nc2cccnc21. The molecule has 0 N–H and O–H groups in total. The fourth-order valence-electron chi connectivity index (χ4n) is 2.67. The summed E-state index contributed by atoms with van der Waals surface area (Å²) in [6.45, 7) is 4.42. The molecule has 1 saturated heterocycles. The normalized spacial score (nSPS) is 20.1. The summed E-state index contributed by atoms with van der Waals surface area (Å²) in [5.74, 6) is 2.52. The second kappa shape index (κ2) is 4.92. The van der Waals surface area contributed by atoms with Gasteiger partial charge in [-0.1, -0.05) is 0 Å². The van der Waals surface area contributed by atoms with E-state index in [1.807, 2.05) is 12.3 Å². The summed E-state index contributed by atoms with van der Waals surface area (Å²) in [7, 11) is 0. The molecule has 0 saturated carbocycles. The van der Waals surface area contributed by atoms with Crippen LogP contribution in [0.25, 0.3) is 11.2 Å². The Labute approximate surface area is 112 Å². The van der Waals surface area contributed by atoms with E-state index >= 15 is 0 Å². The standard InChI is InChI=1S/C14H19N3S/c1-10(2)17-13(9-11-5-4-8-18-11)16-12-6-3-7-15-14(12)17/h3,6-7,10-11H,4-5,8-9H2,1-2H3. The summed E-state index contributed by atoms with van der Waals surface area (Å²) in [6, 6.07) is 4.45. The van der Waals surface area contributed by atoms with Crippen LogP contribution in [0.4, 0.5) is 0 Å². The lowest BCUT2D eigenvalue weighted by Gasteiger charge is -2.14. The predicted octanol–water partition coefficient (Wildman–Crippen LogP) is 3.45. The predicted molar refractivity (Wildman–Crippen MR) is 77.1 cm³/mol. The third kappa shape index (κ3) is 2.14. The van der Waals surface area contributed by atoms with Crippen molar-refractivity contribution in [2.24, 2.45) is 0 Å². The fraction of sp³-hybridized carbons (Fsp3) is 0.571. The average molecular weight is 261 g/mol. The summed E-state index contributed by atoms with van der Waals surface area (Å²) >= 11 is 2.09. The molecule has 1 unspecified atom stereocenters. The molecule has 0 amide bonds. The maximum Gasteiger partial charge on any atom is 0.160 e. The van der Waals surface area contributed by atoms with Gasteiger partial charge in [0.05, 0.1) is 0 Å². The lowest BCUT2D eigenvalue weighted by Crippen LogP contribution is -2.12. The van der Waals surface area contributed by atoms with Gasteiger partial charge >= 0.3 is 0 Å². The summed E-state index contributed by atoms with van der Waals surface area (Å²) < 4.78 is 2.30. The van der Waals surface area contributed by atoms with Gasteiger partial charge < -0.3 is 4.57 Å². The van der Waals surface area contributed by atoms with Crippen LogP contribution in [0, 0.1) is 0 Å². The molecule has 1 aliphatic heterocycles. The first-order chi connectivity index (χ1) is 8.75. The minimum Gasteiger partial charge on any atom is -0.310 e. The number of hydrogen-bond donors (Lipinski definition) is 0. The number of fused-ring (bicyclic) bond motifs is 1. The van der Waals surface area contributed by atoms with Crippen LogP contribution in [0.2, 0.25) is 0 Å². The van der Waals surface area contributed by atoms with Crippen molar-refractivity contribution in [3.8, 4) is 0 Å². The monoisotopic (exact) mass is 261 g/mol. The Morgan fingerprint density at radius 2 is 2.39 bits per heavy atom. The zero-order valence-corrected chi connectivity index (χ0v) is 11.8. The van der Waals surface area contributed by atoms with Crippen LogP contribution in [-0.2, 0) is 6.42 Å². The number of imidazole rings is 1. The van der Waals surface area contributed by atoms with E-state index in [4.69, 9.17) is 4.98 Å². The highest BCUT2D eigenvalue weighted by atomic mass is 32.2. The maximum absolute atomic E-state index is 4.78. The van der Waals surface area contributed by atoms with Gasteiger partial charge in [0.2, 0.25) is 0 Å². The molecule has 96 valence electrons. The summed E-state index contributed by atoms with van der Waals surface area (Å²) in [5, 5.41) is 0.749. The molecule has 0 radical (unpaired) electrons. The van der Waals surface area contributed by atoms with Crippen molar-refractivity contribution in [2.75, 3.05) is 5.75 Å². The molecular weight excluding hydrogens is 242 g/mol. The van der Waals surface area contributed by atoms with Crippen LogP contribution in [0.15, 0.2) is 18.3 Å². The van der Waals surface area contributed by atoms with Crippen LogP contribution in [0.1, 0.15) is 38.6 Å². The summed E-state index contributed by atoms with van der Waals surface area (Å²) in [4.78, 5) is 9.28. The molecule has 1 fully saturated rings. The summed E-state index contributed by atoms with van der Waals surface area (Å²) in [5.41, 5.74) is 2.06. The van der Waals surface area contributed by atoms with E-state index in [9.17, 15) is 0 Å². The van der Waals surface area contributed by atoms with Gasteiger partial charge in [-0.25, -0.2) is 9.97 Å². The largest absolute Gasteiger partial charge is 0.310 e. The van der Waals surface area contributed by atoms with Gasteiger partial charge in [0.15, 0.2) is 5.65 Å². The Balaban J connectivity index is 2.01. The summed E-state index contributed by atoms with van der Waals surface area (Å²) in [6.07, 6.45) is 5.63. The van der Waals surface area contributed by atoms with Crippen molar-refractivity contribution >= 4 is 22.9 Å². The van der Waals surface area contributed by atoms with E-state index in [-0.39, 0.29) is 0 Å². The minimum absolute atomic E-state index is 0.423. The third-order valence-corrected chi connectivity index (χ3v) is 4.87. The fourth-order valence-corrected chi connectivity index (χ4v) is 3.94. The Morgan fingerprint density at radius 1 is 1.50 bits per heavy atom. The number of aromatic nitrogens is 3. The third-order valence-electron chi connectivity index (χ3n) is 3.47. The van der Waals surface area contributed by atoms with Crippen molar-refractivity contribution in [1.29, 1.82) is 0 Å². The topological polar surface area (TPSA) is 30.7 Å². The average Bonchev–Trinajstić information content (AvgIpc) is 2.95. The quantitative estimate of drug-likeness (QED) is 0.848. The van der Waals surface area contributed by atoms with E-state index < -0.39 is 0 Å². The van der Waals surface area contributed by atoms with Crippen LogP contribution in [0.5, 0.6) is 0 Å². The van der Waals surface area contributed by atoms with E-state index in [1.54, 1.807) is 0 Å². The Hall–Kier alpha value is -1.03. The molecule has 0 aromatic carbocycles. The van der Waals surface area contributed by atoms with Crippen LogP contribution in [0.3, 0.4) is 0 Å². The van der Waals surface area contributed by atoms with E-state index in [2.05, 4.69) is 41.2 Å². The van der Waals surface area contributed by atoms with Crippen molar-refractivity contribution in [2.45, 2.75) is 44.4 Å². The van der Waals surface area contributed by atoms with Crippen LogP contribution < -0.4 is 0 Å². The van der Waals surface area contributed by atoms with Gasteiger partial charge in [-0.15, -0.1) is 0 Å². The van der Waals surface area contributed by atoms with E-state index in [0.29, 0.717) is 6.04 Å². The smallest absolute Gasteiger partial charge is 0.160 e. The van der Waals surface area contributed by atoms with Crippen molar-refractivity contribution < 1.29 is 0 Å². The number of pyridine rings is 1. The van der Waals surface area contributed by atoms with Crippen LogP contribution >= 0.6 is 11.8 Å². The van der Waals surface area contributed by atoms with Gasteiger partial charge in [-0.3, -0.25) is 0 Å². The zero-order chi connectivity index (χ0) is 12.5. The van der Waals surface area contributed by atoms with Gasteiger partial charge in [0.1, 0.15) is 11.3 Å². The molecule has 3 heterocycles. The van der Waals surface area contributed by atoms with Gasteiger partial charge in [0, 0.05) is 23.9 Å². The van der Waals surface area contributed by atoms with Gasteiger partial charge in [0.25, 0.3) is 0 Å². The van der Waals surface area contributed by atoms with Crippen LogP contribution in [-0.4, -0.2) is 25.5 Å². The van der Waals surface area contributed by atoms with E-state index in [0.717, 1.165) is 22.8 Å². The van der Waals surface area contributed by atoms with Crippen molar-refractivity contribution in [3.05, 3.63) is 24.2 Å². The van der Waals surface area contributed by atoms with Gasteiger partial charge in [-0.2, -0.15) is 11.8 Å². The molecule has 3 rings (SSSR count). The number of thioether (sulfide) groups is 1. The minimum atomic E-state index is 0.423. The second-order valence-electron chi connectivity index (χ2n) is 5.18. The molecule has 1 atom stereocenters. The number of nitrogens with zero attached hydrogens (tertiary/aromatic N) is 3. The first kappa shape index (κ1) is 12.0. The number of rotatable bonds is 3. The molecule has 18 heavy (non-hydrogen) atoms. The Bertz CT molecular complexity index is 541. The first-order valence-electron chi connectivity index (χ1n) is 6.69. The maximum atomic E-state index is 4.78. The molecule has 0 spiro atoms.